The summed E-state index contributed by atoms with van der Waals surface area (Å²) in [5.41, 5.74) is 1.50. The van der Waals surface area contributed by atoms with Crippen molar-refractivity contribution in [3.8, 4) is 0 Å². The Balaban J connectivity index is 1.84. The van der Waals surface area contributed by atoms with Crippen molar-refractivity contribution >= 4 is 34.8 Å². The molecule has 0 aliphatic rings. The molecule has 0 radical (unpaired) electrons. The molecule has 0 saturated carbocycles. The zero-order valence-electron chi connectivity index (χ0n) is 10.6. The Morgan fingerprint density at radius 3 is 2.55 bits per heavy atom. The second-order valence-corrected chi connectivity index (χ2v) is 4.90. The largest absolute Gasteiger partial charge is 0.374 e. The van der Waals surface area contributed by atoms with E-state index in [0.29, 0.717) is 22.3 Å². The molecule has 0 aliphatic carbocycles. The maximum Gasteiger partial charge on any atom is 0.239 e. The van der Waals surface area contributed by atoms with E-state index >= 15 is 0 Å². The van der Waals surface area contributed by atoms with Gasteiger partial charge in [0.15, 0.2) is 0 Å². The number of hydrogen-bond donors (Lipinski definition) is 2. The van der Waals surface area contributed by atoms with Crippen molar-refractivity contribution < 1.29 is 4.79 Å². The Hall–Kier alpha value is -1.78. The van der Waals surface area contributed by atoms with E-state index in [2.05, 4.69) is 15.6 Å². The normalized spacial score (nSPS) is 10.1. The van der Waals surface area contributed by atoms with Crippen molar-refractivity contribution in [1.82, 2.24) is 10.3 Å². The number of anilines is 1. The Labute approximate surface area is 127 Å². The highest BCUT2D eigenvalue weighted by Gasteiger charge is 2.07. The third-order valence-corrected chi connectivity index (χ3v) is 3.23. The van der Waals surface area contributed by atoms with Crippen LogP contribution in [-0.4, -0.2) is 17.4 Å². The van der Waals surface area contributed by atoms with E-state index in [0.717, 1.165) is 5.56 Å². The van der Waals surface area contributed by atoms with Crippen LogP contribution in [0.25, 0.3) is 0 Å². The van der Waals surface area contributed by atoms with Crippen molar-refractivity contribution in [2.75, 3.05) is 11.9 Å². The van der Waals surface area contributed by atoms with Crippen LogP contribution < -0.4 is 10.6 Å². The fourth-order valence-electron chi connectivity index (χ4n) is 1.60. The molecule has 0 saturated heterocycles. The summed E-state index contributed by atoms with van der Waals surface area (Å²) in [5, 5.41) is 6.67. The third kappa shape index (κ3) is 4.11. The molecule has 2 N–H and O–H groups in total. The molecule has 1 heterocycles. The minimum absolute atomic E-state index is 0.101. The van der Waals surface area contributed by atoms with Crippen LogP contribution in [0.3, 0.4) is 0 Å². The molecule has 4 nitrogen and oxygen atoms in total. The highest BCUT2D eigenvalue weighted by molar-refractivity contribution is 6.39. The lowest BCUT2D eigenvalue weighted by molar-refractivity contribution is -0.119. The summed E-state index contributed by atoms with van der Waals surface area (Å²) in [6.45, 7) is 0.536. The zero-order chi connectivity index (χ0) is 14.4. The quantitative estimate of drug-likeness (QED) is 0.892. The maximum atomic E-state index is 11.7. The summed E-state index contributed by atoms with van der Waals surface area (Å²) < 4.78 is 0. The number of carbonyl (C=O) groups excluding carboxylic acids is 1. The van der Waals surface area contributed by atoms with E-state index in [1.54, 1.807) is 30.6 Å². The Morgan fingerprint density at radius 1 is 1.15 bits per heavy atom. The SMILES string of the molecule is O=C(CNc1c(Cl)cccc1Cl)NCc1cccnc1. The lowest BCUT2D eigenvalue weighted by atomic mass is 10.3. The van der Waals surface area contributed by atoms with Crippen molar-refractivity contribution in [2.24, 2.45) is 0 Å². The van der Waals surface area contributed by atoms with Crippen LogP contribution in [-0.2, 0) is 11.3 Å². The van der Waals surface area contributed by atoms with E-state index in [4.69, 9.17) is 23.2 Å². The molecule has 104 valence electrons. The second kappa shape index (κ2) is 7.12. The van der Waals surface area contributed by atoms with Crippen LogP contribution in [0.2, 0.25) is 10.0 Å². The van der Waals surface area contributed by atoms with Gasteiger partial charge in [-0.05, 0) is 23.8 Å². The first-order valence-electron chi connectivity index (χ1n) is 6.00. The van der Waals surface area contributed by atoms with Crippen molar-refractivity contribution in [1.29, 1.82) is 0 Å². The summed E-state index contributed by atoms with van der Waals surface area (Å²) in [6.07, 6.45) is 3.39. The number of nitrogens with zero attached hydrogens (tertiary/aromatic N) is 1. The van der Waals surface area contributed by atoms with Crippen LogP contribution in [0.1, 0.15) is 5.56 Å². The number of pyridine rings is 1. The van der Waals surface area contributed by atoms with Crippen molar-refractivity contribution in [3.63, 3.8) is 0 Å². The molecule has 1 aromatic carbocycles. The van der Waals surface area contributed by atoms with Crippen molar-refractivity contribution in [3.05, 3.63) is 58.3 Å². The van der Waals surface area contributed by atoms with Crippen LogP contribution in [0, 0.1) is 0 Å². The van der Waals surface area contributed by atoms with Gasteiger partial charge in [-0.1, -0.05) is 35.3 Å². The highest BCUT2D eigenvalue weighted by Crippen LogP contribution is 2.29. The number of nitrogens with one attached hydrogen (secondary N) is 2. The number of amides is 1. The molecule has 0 aliphatic heterocycles. The average Bonchev–Trinajstić information content (AvgIpc) is 2.46. The van der Waals surface area contributed by atoms with Gasteiger partial charge in [0, 0.05) is 18.9 Å². The number of halogens is 2. The molecule has 0 bridgehead atoms. The predicted molar refractivity (Wildman–Crippen MR) is 81.0 cm³/mol. The van der Waals surface area contributed by atoms with Crippen LogP contribution in [0.4, 0.5) is 5.69 Å². The van der Waals surface area contributed by atoms with Gasteiger partial charge >= 0.3 is 0 Å². The molecule has 6 heteroatoms. The first-order chi connectivity index (χ1) is 9.66. The molecular formula is C14H13Cl2N3O. The van der Waals surface area contributed by atoms with Crippen LogP contribution in [0.5, 0.6) is 0 Å². The van der Waals surface area contributed by atoms with Gasteiger partial charge in [-0.15, -0.1) is 0 Å². The average molecular weight is 310 g/mol. The zero-order valence-corrected chi connectivity index (χ0v) is 12.1. The van der Waals surface area contributed by atoms with Gasteiger partial charge < -0.3 is 10.6 Å². The van der Waals surface area contributed by atoms with E-state index in [9.17, 15) is 4.79 Å². The number of carbonyl (C=O) groups is 1. The summed E-state index contributed by atoms with van der Waals surface area (Å²) in [6, 6.07) is 8.89. The van der Waals surface area contributed by atoms with E-state index in [1.807, 2.05) is 12.1 Å². The maximum absolute atomic E-state index is 11.7. The standard InChI is InChI=1S/C14H13Cl2N3O/c15-11-4-1-5-12(16)14(11)19-9-13(20)18-8-10-3-2-6-17-7-10/h1-7,19H,8-9H2,(H,18,20). The van der Waals surface area contributed by atoms with Crippen LogP contribution in [0.15, 0.2) is 42.7 Å². The Bertz CT molecular complexity index is 570. The molecular weight excluding hydrogens is 297 g/mol. The fraction of sp³-hybridized carbons (Fsp3) is 0.143. The minimum Gasteiger partial charge on any atom is -0.374 e. The molecule has 2 rings (SSSR count). The number of aromatic nitrogens is 1. The van der Waals surface area contributed by atoms with Crippen LogP contribution >= 0.6 is 23.2 Å². The van der Waals surface area contributed by atoms with Gasteiger partial charge in [-0.25, -0.2) is 0 Å². The molecule has 0 atom stereocenters. The monoisotopic (exact) mass is 309 g/mol. The smallest absolute Gasteiger partial charge is 0.239 e. The lowest BCUT2D eigenvalue weighted by Gasteiger charge is -2.10. The topological polar surface area (TPSA) is 54.0 Å². The highest BCUT2D eigenvalue weighted by atomic mass is 35.5. The van der Waals surface area contributed by atoms with E-state index < -0.39 is 0 Å². The van der Waals surface area contributed by atoms with Gasteiger partial charge in [0.2, 0.25) is 5.91 Å². The molecule has 2 aromatic rings. The molecule has 20 heavy (non-hydrogen) atoms. The number of hydrogen-bond acceptors (Lipinski definition) is 3. The van der Waals surface area contributed by atoms with Gasteiger partial charge in [-0.2, -0.15) is 0 Å². The number of benzene rings is 1. The molecule has 0 spiro atoms. The van der Waals surface area contributed by atoms with Gasteiger partial charge in [0.25, 0.3) is 0 Å². The van der Waals surface area contributed by atoms with Gasteiger partial charge in [-0.3, -0.25) is 9.78 Å². The van der Waals surface area contributed by atoms with Gasteiger partial charge in [0.05, 0.1) is 22.3 Å². The number of rotatable bonds is 5. The molecule has 1 amide bonds. The first-order valence-corrected chi connectivity index (χ1v) is 6.76. The number of para-hydroxylation sites is 1. The van der Waals surface area contributed by atoms with Crippen molar-refractivity contribution in [2.45, 2.75) is 6.54 Å². The summed E-state index contributed by atoms with van der Waals surface area (Å²) in [7, 11) is 0. The fourth-order valence-corrected chi connectivity index (χ4v) is 2.13. The Kier molecular flexibility index (Phi) is 5.21. The predicted octanol–water partition coefficient (Wildman–Crippen LogP) is 3.12. The summed E-state index contributed by atoms with van der Waals surface area (Å²) >= 11 is 12.0. The summed E-state index contributed by atoms with van der Waals surface area (Å²) in [5.74, 6) is -0.148. The lowest BCUT2D eigenvalue weighted by Crippen LogP contribution is -2.29. The Morgan fingerprint density at radius 2 is 1.90 bits per heavy atom. The first kappa shape index (κ1) is 14.6. The van der Waals surface area contributed by atoms with E-state index in [-0.39, 0.29) is 12.5 Å². The van der Waals surface area contributed by atoms with Gasteiger partial charge in [0.1, 0.15) is 0 Å². The minimum atomic E-state index is -0.148. The molecule has 0 fully saturated rings. The molecule has 0 unspecified atom stereocenters. The second-order valence-electron chi connectivity index (χ2n) is 4.09. The summed E-state index contributed by atoms with van der Waals surface area (Å²) in [4.78, 5) is 15.7. The third-order valence-electron chi connectivity index (χ3n) is 2.60. The van der Waals surface area contributed by atoms with E-state index in [1.165, 1.54) is 0 Å². The molecule has 1 aromatic heterocycles.